The van der Waals surface area contributed by atoms with Crippen LogP contribution in [-0.2, 0) is 22.5 Å². The summed E-state index contributed by atoms with van der Waals surface area (Å²) in [6, 6.07) is 17.8. The fraction of sp³-hybridized carbons (Fsp3) is 0.278. The molecular weight excluding hydrogens is 276 g/mol. The zero-order valence-corrected chi connectivity index (χ0v) is 13.0. The molecule has 0 saturated heterocycles. The van der Waals surface area contributed by atoms with E-state index in [2.05, 4.69) is 28.8 Å². The fourth-order valence-corrected chi connectivity index (χ4v) is 2.32. The number of nitrogens with two attached hydrogens (primary N) is 1. The highest BCUT2D eigenvalue weighted by molar-refractivity contribution is 5.75. The van der Waals surface area contributed by atoms with Crippen molar-refractivity contribution in [2.75, 3.05) is 19.1 Å². The first-order chi connectivity index (χ1) is 10.6. The first-order valence-corrected chi connectivity index (χ1v) is 7.27. The second-order valence-corrected chi connectivity index (χ2v) is 5.34. The van der Waals surface area contributed by atoms with Crippen LogP contribution >= 0.6 is 0 Å². The normalized spacial score (nSPS) is 11.8. The molecule has 0 aliphatic carbocycles. The Kier molecular flexibility index (Phi) is 5.55. The number of esters is 1. The third kappa shape index (κ3) is 4.33. The minimum atomic E-state index is -0.613. The van der Waals surface area contributed by atoms with Crippen LogP contribution in [0.2, 0.25) is 0 Å². The van der Waals surface area contributed by atoms with E-state index in [1.807, 2.05) is 42.5 Å². The molecule has 0 aliphatic rings. The summed E-state index contributed by atoms with van der Waals surface area (Å²) in [5, 5.41) is 0. The minimum Gasteiger partial charge on any atom is -0.468 e. The number of rotatable bonds is 6. The standard InChI is InChI=1S/C18H22N2O2/c1-20(13-15-6-4-3-5-7-15)16-10-8-14(9-11-16)12-17(19)18(21)22-2/h3-11,17H,12-13,19H2,1-2H3. The monoisotopic (exact) mass is 298 g/mol. The molecule has 1 unspecified atom stereocenters. The quantitative estimate of drug-likeness (QED) is 0.832. The van der Waals surface area contributed by atoms with Gasteiger partial charge in [-0.3, -0.25) is 4.79 Å². The minimum absolute atomic E-state index is 0.384. The lowest BCUT2D eigenvalue weighted by Crippen LogP contribution is -2.33. The van der Waals surface area contributed by atoms with Gasteiger partial charge in [0.1, 0.15) is 6.04 Å². The molecule has 2 N–H and O–H groups in total. The van der Waals surface area contributed by atoms with E-state index in [9.17, 15) is 4.79 Å². The molecule has 116 valence electrons. The van der Waals surface area contributed by atoms with Crippen molar-refractivity contribution in [3.63, 3.8) is 0 Å². The summed E-state index contributed by atoms with van der Waals surface area (Å²) in [5.74, 6) is -0.384. The average Bonchev–Trinajstić information content (AvgIpc) is 2.55. The first-order valence-electron chi connectivity index (χ1n) is 7.27. The SMILES string of the molecule is COC(=O)C(N)Cc1ccc(N(C)Cc2ccccc2)cc1. The summed E-state index contributed by atoms with van der Waals surface area (Å²) in [5.41, 5.74) is 9.19. The van der Waals surface area contributed by atoms with Gasteiger partial charge in [-0.15, -0.1) is 0 Å². The lowest BCUT2D eigenvalue weighted by molar-refractivity contribution is -0.142. The maximum Gasteiger partial charge on any atom is 0.322 e. The van der Waals surface area contributed by atoms with Gasteiger partial charge in [-0.05, 0) is 29.7 Å². The molecule has 22 heavy (non-hydrogen) atoms. The van der Waals surface area contributed by atoms with Crippen LogP contribution in [-0.4, -0.2) is 26.2 Å². The molecule has 4 nitrogen and oxygen atoms in total. The number of anilines is 1. The van der Waals surface area contributed by atoms with Gasteiger partial charge >= 0.3 is 5.97 Å². The van der Waals surface area contributed by atoms with E-state index in [1.165, 1.54) is 12.7 Å². The molecule has 0 aliphatic heterocycles. The number of ether oxygens (including phenoxy) is 1. The average molecular weight is 298 g/mol. The number of carbonyl (C=O) groups excluding carboxylic acids is 1. The Morgan fingerprint density at radius 3 is 2.32 bits per heavy atom. The van der Waals surface area contributed by atoms with Crippen molar-refractivity contribution >= 4 is 11.7 Å². The van der Waals surface area contributed by atoms with Gasteiger partial charge in [0.2, 0.25) is 0 Å². The van der Waals surface area contributed by atoms with Crippen molar-refractivity contribution in [2.45, 2.75) is 19.0 Å². The third-order valence-corrected chi connectivity index (χ3v) is 3.60. The third-order valence-electron chi connectivity index (χ3n) is 3.60. The molecule has 1 atom stereocenters. The summed E-state index contributed by atoms with van der Waals surface area (Å²) >= 11 is 0. The molecular formula is C18H22N2O2. The second-order valence-electron chi connectivity index (χ2n) is 5.34. The predicted octanol–water partition coefficient (Wildman–Crippen LogP) is 2.37. The Morgan fingerprint density at radius 1 is 1.09 bits per heavy atom. The predicted molar refractivity (Wildman–Crippen MR) is 88.7 cm³/mol. The highest BCUT2D eigenvalue weighted by Crippen LogP contribution is 2.17. The van der Waals surface area contributed by atoms with Gasteiger partial charge in [0.15, 0.2) is 0 Å². The fourth-order valence-electron chi connectivity index (χ4n) is 2.32. The molecule has 0 heterocycles. The van der Waals surface area contributed by atoms with E-state index in [4.69, 9.17) is 5.73 Å². The van der Waals surface area contributed by atoms with E-state index < -0.39 is 6.04 Å². The maximum absolute atomic E-state index is 11.3. The molecule has 2 aromatic rings. The number of hydrogen-bond donors (Lipinski definition) is 1. The van der Waals surface area contributed by atoms with Gasteiger partial charge in [0.05, 0.1) is 7.11 Å². The van der Waals surface area contributed by atoms with E-state index in [1.54, 1.807) is 0 Å². The molecule has 0 spiro atoms. The number of carbonyl (C=O) groups is 1. The zero-order chi connectivity index (χ0) is 15.9. The van der Waals surface area contributed by atoms with E-state index in [0.717, 1.165) is 17.8 Å². The molecule has 0 radical (unpaired) electrons. The highest BCUT2D eigenvalue weighted by atomic mass is 16.5. The lowest BCUT2D eigenvalue weighted by Gasteiger charge is -2.20. The summed E-state index contributed by atoms with van der Waals surface area (Å²) in [6.45, 7) is 0.849. The smallest absolute Gasteiger partial charge is 0.322 e. The largest absolute Gasteiger partial charge is 0.468 e. The maximum atomic E-state index is 11.3. The van der Waals surface area contributed by atoms with E-state index in [0.29, 0.717) is 6.42 Å². The summed E-state index contributed by atoms with van der Waals surface area (Å²) in [6.07, 6.45) is 0.482. The van der Waals surface area contributed by atoms with Crippen LogP contribution in [0.5, 0.6) is 0 Å². The Balaban J connectivity index is 1.98. The van der Waals surface area contributed by atoms with E-state index >= 15 is 0 Å². The van der Waals surface area contributed by atoms with Crippen LogP contribution in [0.15, 0.2) is 54.6 Å². The molecule has 0 fully saturated rings. The topological polar surface area (TPSA) is 55.6 Å². The first kappa shape index (κ1) is 16.0. The van der Waals surface area contributed by atoms with Gasteiger partial charge in [-0.2, -0.15) is 0 Å². The molecule has 0 saturated carbocycles. The van der Waals surface area contributed by atoms with Crippen LogP contribution in [0.4, 0.5) is 5.69 Å². The Bertz CT molecular complexity index is 596. The summed E-state index contributed by atoms with van der Waals surface area (Å²) < 4.78 is 4.64. The van der Waals surface area contributed by atoms with Crippen molar-refractivity contribution < 1.29 is 9.53 Å². The van der Waals surface area contributed by atoms with Crippen molar-refractivity contribution in [3.05, 3.63) is 65.7 Å². The van der Waals surface area contributed by atoms with Crippen molar-refractivity contribution in [1.82, 2.24) is 0 Å². The molecule has 2 rings (SSSR count). The van der Waals surface area contributed by atoms with Crippen LogP contribution in [0, 0.1) is 0 Å². The summed E-state index contributed by atoms with van der Waals surface area (Å²) in [7, 11) is 3.41. The van der Waals surface area contributed by atoms with E-state index in [-0.39, 0.29) is 5.97 Å². The van der Waals surface area contributed by atoms with Gasteiger partial charge in [0, 0.05) is 19.3 Å². The highest BCUT2D eigenvalue weighted by Gasteiger charge is 2.14. The van der Waals surface area contributed by atoms with Gasteiger partial charge in [-0.1, -0.05) is 42.5 Å². The molecule has 0 bridgehead atoms. The lowest BCUT2D eigenvalue weighted by atomic mass is 10.1. The molecule has 0 aromatic heterocycles. The van der Waals surface area contributed by atoms with Gasteiger partial charge < -0.3 is 15.4 Å². The molecule has 2 aromatic carbocycles. The Hall–Kier alpha value is -2.33. The Morgan fingerprint density at radius 2 is 1.73 bits per heavy atom. The zero-order valence-electron chi connectivity index (χ0n) is 13.0. The number of nitrogens with zero attached hydrogens (tertiary/aromatic N) is 1. The number of methoxy groups -OCH3 is 1. The van der Waals surface area contributed by atoms with Crippen LogP contribution in [0.1, 0.15) is 11.1 Å². The van der Waals surface area contributed by atoms with Gasteiger partial charge in [0.25, 0.3) is 0 Å². The summed E-state index contributed by atoms with van der Waals surface area (Å²) in [4.78, 5) is 13.5. The van der Waals surface area contributed by atoms with Crippen LogP contribution < -0.4 is 10.6 Å². The van der Waals surface area contributed by atoms with Gasteiger partial charge in [-0.25, -0.2) is 0 Å². The molecule has 0 amide bonds. The number of hydrogen-bond acceptors (Lipinski definition) is 4. The Labute approximate surface area is 131 Å². The van der Waals surface area contributed by atoms with Crippen molar-refractivity contribution in [1.29, 1.82) is 0 Å². The van der Waals surface area contributed by atoms with Crippen molar-refractivity contribution in [3.8, 4) is 0 Å². The second kappa shape index (κ2) is 7.61. The molecule has 4 heteroatoms. The van der Waals surface area contributed by atoms with Crippen molar-refractivity contribution in [2.24, 2.45) is 5.73 Å². The van der Waals surface area contributed by atoms with Crippen LogP contribution in [0.3, 0.4) is 0 Å². The van der Waals surface area contributed by atoms with Crippen LogP contribution in [0.25, 0.3) is 0 Å². The number of benzene rings is 2.